The molecule has 1 N–H and O–H groups in total. The molecule has 0 saturated carbocycles. The van der Waals surface area contributed by atoms with Gasteiger partial charge in [0.2, 0.25) is 5.91 Å². The van der Waals surface area contributed by atoms with Gasteiger partial charge in [-0.2, -0.15) is 0 Å². The standard InChI is InChI=1S/C14H21NO3/c1-11(7-8-17-2)15-14(16)10-12-5-4-6-13(9-12)18-3/h4-6,9,11H,7-8,10H2,1-3H3,(H,15,16)/t11-/m0/s1. The van der Waals surface area contributed by atoms with Gasteiger partial charge in [0.25, 0.3) is 0 Å². The Kier molecular flexibility index (Phi) is 6.22. The summed E-state index contributed by atoms with van der Waals surface area (Å²) in [6.07, 6.45) is 1.19. The maximum Gasteiger partial charge on any atom is 0.224 e. The lowest BCUT2D eigenvalue weighted by molar-refractivity contribution is -0.121. The Morgan fingerprint density at radius 3 is 2.83 bits per heavy atom. The van der Waals surface area contributed by atoms with Gasteiger partial charge in [0, 0.05) is 19.8 Å². The molecule has 0 aromatic heterocycles. The first kappa shape index (κ1) is 14.5. The number of carbonyl (C=O) groups is 1. The summed E-state index contributed by atoms with van der Waals surface area (Å²) >= 11 is 0. The SMILES string of the molecule is COCC[C@H](C)NC(=O)Cc1cccc(OC)c1. The second kappa shape index (κ2) is 7.71. The molecule has 0 fully saturated rings. The van der Waals surface area contributed by atoms with Crippen molar-refractivity contribution in [3.63, 3.8) is 0 Å². The number of rotatable bonds is 7. The Bertz CT molecular complexity index is 379. The highest BCUT2D eigenvalue weighted by molar-refractivity contribution is 5.78. The van der Waals surface area contributed by atoms with Gasteiger partial charge in [-0.15, -0.1) is 0 Å². The average molecular weight is 251 g/mol. The third-order valence-corrected chi connectivity index (χ3v) is 2.66. The number of amides is 1. The second-order valence-electron chi connectivity index (χ2n) is 4.28. The largest absolute Gasteiger partial charge is 0.497 e. The van der Waals surface area contributed by atoms with E-state index >= 15 is 0 Å². The average Bonchev–Trinajstić information content (AvgIpc) is 2.36. The van der Waals surface area contributed by atoms with E-state index in [2.05, 4.69) is 5.32 Å². The third kappa shape index (κ3) is 5.19. The van der Waals surface area contributed by atoms with Crippen LogP contribution in [0.3, 0.4) is 0 Å². The number of ether oxygens (including phenoxy) is 2. The summed E-state index contributed by atoms with van der Waals surface area (Å²) < 4.78 is 10.1. The topological polar surface area (TPSA) is 47.6 Å². The summed E-state index contributed by atoms with van der Waals surface area (Å²) in [6, 6.07) is 7.67. The molecule has 4 heteroatoms. The zero-order valence-corrected chi connectivity index (χ0v) is 11.2. The van der Waals surface area contributed by atoms with Crippen LogP contribution in [-0.4, -0.2) is 32.8 Å². The van der Waals surface area contributed by atoms with Crippen LogP contribution in [-0.2, 0) is 16.0 Å². The second-order valence-corrected chi connectivity index (χ2v) is 4.28. The molecule has 0 bridgehead atoms. The van der Waals surface area contributed by atoms with Crippen molar-refractivity contribution in [2.24, 2.45) is 0 Å². The Labute approximate surface area is 108 Å². The number of carbonyl (C=O) groups excluding carboxylic acids is 1. The molecule has 0 heterocycles. The van der Waals surface area contributed by atoms with Crippen LogP contribution in [0.1, 0.15) is 18.9 Å². The molecular formula is C14H21NO3. The van der Waals surface area contributed by atoms with E-state index < -0.39 is 0 Å². The zero-order chi connectivity index (χ0) is 13.4. The van der Waals surface area contributed by atoms with Gasteiger partial charge in [0.05, 0.1) is 13.5 Å². The van der Waals surface area contributed by atoms with E-state index in [4.69, 9.17) is 9.47 Å². The van der Waals surface area contributed by atoms with E-state index in [1.165, 1.54) is 0 Å². The lowest BCUT2D eigenvalue weighted by atomic mass is 10.1. The molecule has 4 nitrogen and oxygen atoms in total. The summed E-state index contributed by atoms with van der Waals surface area (Å²) in [6.45, 7) is 2.63. The van der Waals surface area contributed by atoms with Gasteiger partial charge >= 0.3 is 0 Å². The summed E-state index contributed by atoms with van der Waals surface area (Å²) in [4.78, 5) is 11.8. The fourth-order valence-corrected chi connectivity index (χ4v) is 1.66. The number of benzene rings is 1. The first-order chi connectivity index (χ1) is 8.65. The molecule has 1 aromatic carbocycles. The van der Waals surface area contributed by atoms with Gasteiger partial charge in [-0.3, -0.25) is 4.79 Å². The zero-order valence-electron chi connectivity index (χ0n) is 11.2. The summed E-state index contributed by atoms with van der Waals surface area (Å²) in [7, 11) is 3.27. The van der Waals surface area contributed by atoms with Crippen molar-refractivity contribution in [3.05, 3.63) is 29.8 Å². The van der Waals surface area contributed by atoms with Gasteiger partial charge in [-0.05, 0) is 31.0 Å². The van der Waals surface area contributed by atoms with Gasteiger partial charge in [0.15, 0.2) is 0 Å². The Balaban J connectivity index is 2.43. The third-order valence-electron chi connectivity index (χ3n) is 2.66. The first-order valence-corrected chi connectivity index (χ1v) is 6.07. The molecule has 0 unspecified atom stereocenters. The monoisotopic (exact) mass is 251 g/mol. The molecule has 0 radical (unpaired) electrons. The minimum Gasteiger partial charge on any atom is -0.497 e. The molecule has 0 saturated heterocycles. The van der Waals surface area contributed by atoms with Gasteiger partial charge in [-0.25, -0.2) is 0 Å². The van der Waals surface area contributed by atoms with Crippen LogP contribution in [0.15, 0.2) is 24.3 Å². The minimum absolute atomic E-state index is 0.0202. The van der Waals surface area contributed by atoms with Crippen molar-refractivity contribution in [2.45, 2.75) is 25.8 Å². The molecule has 0 aliphatic heterocycles. The van der Waals surface area contributed by atoms with E-state index in [0.717, 1.165) is 17.7 Å². The molecule has 1 rings (SSSR count). The maximum absolute atomic E-state index is 11.8. The van der Waals surface area contributed by atoms with E-state index in [1.807, 2.05) is 31.2 Å². The molecular weight excluding hydrogens is 230 g/mol. The van der Waals surface area contributed by atoms with Crippen molar-refractivity contribution in [1.82, 2.24) is 5.32 Å². The normalized spacial score (nSPS) is 11.9. The van der Waals surface area contributed by atoms with Crippen LogP contribution in [0.2, 0.25) is 0 Å². The fourth-order valence-electron chi connectivity index (χ4n) is 1.66. The Hall–Kier alpha value is -1.55. The van der Waals surface area contributed by atoms with Crippen LogP contribution < -0.4 is 10.1 Å². The van der Waals surface area contributed by atoms with E-state index in [9.17, 15) is 4.79 Å². The molecule has 1 amide bonds. The molecule has 1 aromatic rings. The smallest absolute Gasteiger partial charge is 0.224 e. The minimum atomic E-state index is 0.0202. The lowest BCUT2D eigenvalue weighted by Crippen LogP contribution is -2.34. The molecule has 100 valence electrons. The van der Waals surface area contributed by atoms with Gasteiger partial charge < -0.3 is 14.8 Å². The highest BCUT2D eigenvalue weighted by Crippen LogP contribution is 2.12. The van der Waals surface area contributed by atoms with Crippen LogP contribution >= 0.6 is 0 Å². The highest BCUT2D eigenvalue weighted by Gasteiger charge is 2.08. The molecule has 1 atom stereocenters. The van der Waals surface area contributed by atoms with Crippen LogP contribution in [0.4, 0.5) is 0 Å². The van der Waals surface area contributed by atoms with Crippen molar-refractivity contribution >= 4 is 5.91 Å². The molecule has 0 aliphatic carbocycles. The van der Waals surface area contributed by atoms with E-state index in [-0.39, 0.29) is 11.9 Å². The first-order valence-electron chi connectivity index (χ1n) is 6.07. The number of hydrogen-bond acceptors (Lipinski definition) is 3. The number of nitrogens with one attached hydrogen (secondary N) is 1. The lowest BCUT2D eigenvalue weighted by Gasteiger charge is -2.13. The molecule has 0 spiro atoms. The molecule has 0 aliphatic rings. The predicted octanol–water partition coefficient (Wildman–Crippen LogP) is 1.78. The van der Waals surface area contributed by atoms with Crippen molar-refractivity contribution < 1.29 is 14.3 Å². The van der Waals surface area contributed by atoms with Crippen molar-refractivity contribution in [3.8, 4) is 5.75 Å². The van der Waals surface area contributed by atoms with Gasteiger partial charge in [0.1, 0.15) is 5.75 Å². The highest BCUT2D eigenvalue weighted by atomic mass is 16.5. The quantitative estimate of drug-likeness (QED) is 0.803. The van der Waals surface area contributed by atoms with Crippen molar-refractivity contribution in [1.29, 1.82) is 0 Å². The van der Waals surface area contributed by atoms with Crippen LogP contribution in [0.25, 0.3) is 0 Å². The predicted molar refractivity (Wildman–Crippen MR) is 70.8 cm³/mol. The summed E-state index contributed by atoms with van der Waals surface area (Å²) in [5.74, 6) is 0.791. The van der Waals surface area contributed by atoms with E-state index in [0.29, 0.717) is 13.0 Å². The Morgan fingerprint density at radius 1 is 1.39 bits per heavy atom. The molecule has 18 heavy (non-hydrogen) atoms. The number of methoxy groups -OCH3 is 2. The van der Waals surface area contributed by atoms with E-state index in [1.54, 1.807) is 14.2 Å². The van der Waals surface area contributed by atoms with Crippen LogP contribution in [0, 0.1) is 0 Å². The Morgan fingerprint density at radius 2 is 2.17 bits per heavy atom. The van der Waals surface area contributed by atoms with Crippen LogP contribution in [0.5, 0.6) is 5.75 Å². The maximum atomic E-state index is 11.8. The van der Waals surface area contributed by atoms with Gasteiger partial charge in [-0.1, -0.05) is 12.1 Å². The summed E-state index contributed by atoms with van der Waals surface area (Å²) in [5, 5.41) is 2.94. The number of hydrogen-bond donors (Lipinski definition) is 1. The fraction of sp³-hybridized carbons (Fsp3) is 0.500. The summed E-state index contributed by atoms with van der Waals surface area (Å²) in [5.41, 5.74) is 0.950. The van der Waals surface area contributed by atoms with Crippen molar-refractivity contribution in [2.75, 3.05) is 20.8 Å².